The van der Waals surface area contributed by atoms with Gasteiger partial charge in [0.25, 0.3) is 0 Å². The van der Waals surface area contributed by atoms with Gasteiger partial charge in [0.2, 0.25) is 0 Å². The number of para-hydroxylation sites is 2. The molecule has 9 heteroatoms. The van der Waals surface area contributed by atoms with Crippen molar-refractivity contribution in [2.75, 3.05) is 18.6 Å². The van der Waals surface area contributed by atoms with Gasteiger partial charge in [-0.15, -0.1) is 0 Å². The summed E-state index contributed by atoms with van der Waals surface area (Å²) in [5.74, 6) is 1.17. The van der Waals surface area contributed by atoms with Crippen molar-refractivity contribution in [2.45, 2.75) is 25.4 Å². The van der Waals surface area contributed by atoms with Crippen molar-refractivity contribution in [3.05, 3.63) is 40.9 Å². The summed E-state index contributed by atoms with van der Waals surface area (Å²) in [4.78, 5) is 16.2. The van der Waals surface area contributed by atoms with Crippen LogP contribution < -0.4 is 15.7 Å². The predicted octanol–water partition coefficient (Wildman–Crippen LogP) is 1.32. The summed E-state index contributed by atoms with van der Waals surface area (Å²) in [5.41, 5.74) is 0.0727. The Balaban J connectivity index is 1.86. The summed E-state index contributed by atoms with van der Waals surface area (Å²) in [5, 5.41) is 21.7. The van der Waals surface area contributed by atoms with E-state index in [9.17, 15) is 19.4 Å². The Kier molecular flexibility index (Phi) is 4.98. The van der Waals surface area contributed by atoms with E-state index in [-0.39, 0.29) is 5.82 Å². The molecule has 0 saturated carbocycles. The van der Waals surface area contributed by atoms with Gasteiger partial charge in [-0.05, 0) is 19.1 Å². The van der Waals surface area contributed by atoms with Gasteiger partial charge >= 0.3 is 5.69 Å². The minimum absolute atomic E-state index is 0.273. The summed E-state index contributed by atoms with van der Waals surface area (Å²) in [6, 6.07) is 7.19. The molecule has 0 amide bonds. The van der Waals surface area contributed by atoms with E-state index >= 15 is 0 Å². The zero-order valence-electron chi connectivity index (χ0n) is 13.4. The molecule has 0 fully saturated rings. The zero-order valence-corrected chi connectivity index (χ0v) is 13.4. The van der Waals surface area contributed by atoms with Gasteiger partial charge in [0.15, 0.2) is 17.3 Å². The standard InChI is InChI=1S/C16H18FN3O5/c1-9(24-14(8-21)11(22)6-17)20-7-13-15(19-16(20)23)18-10-4-2-3-5-12(10)25-13/h2-5,7,9,11,14,21-22H,6,8H2,1H3,(H,18,19,23)/t9?,11-,14+/m0/s1. The Bertz CT molecular complexity index is 813. The quantitative estimate of drug-likeness (QED) is 0.615. The monoisotopic (exact) mass is 351 g/mol. The van der Waals surface area contributed by atoms with Crippen molar-refractivity contribution in [1.29, 1.82) is 0 Å². The number of halogens is 1. The number of alkyl halides is 1. The van der Waals surface area contributed by atoms with Crippen molar-refractivity contribution >= 4 is 11.5 Å². The second-order valence-corrected chi connectivity index (χ2v) is 5.54. The van der Waals surface area contributed by atoms with Gasteiger partial charge in [-0.2, -0.15) is 4.98 Å². The van der Waals surface area contributed by atoms with Crippen LogP contribution in [0.2, 0.25) is 0 Å². The van der Waals surface area contributed by atoms with Crippen LogP contribution >= 0.6 is 0 Å². The lowest BCUT2D eigenvalue weighted by Gasteiger charge is -2.26. The highest BCUT2D eigenvalue weighted by molar-refractivity contribution is 5.72. The van der Waals surface area contributed by atoms with Crippen molar-refractivity contribution < 1.29 is 24.1 Å². The lowest BCUT2D eigenvalue weighted by atomic mass is 10.2. The maximum absolute atomic E-state index is 12.6. The highest BCUT2D eigenvalue weighted by Crippen LogP contribution is 2.39. The van der Waals surface area contributed by atoms with Crippen LogP contribution in [0, 0.1) is 0 Å². The molecule has 1 unspecified atom stereocenters. The first-order valence-electron chi connectivity index (χ1n) is 7.71. The fraction of sp³-hybridized carbons (Fsp3) is 0.375. The number of nitrogens with one attached hydrogen (secondary N) is 1. The molecule has 3 rings (SSSR count). The molecule has 1 aliphatic heterocycles. The molecule has 2 heterocycles. The van der Waals surface area contributed by atoms with Gasteiger partial charge in [0.05, 0.1) is 18.5 Å². The first kappa shape index (κ1) is 17.3. The van der Waals surface area contributed by atoms with Crippen LogP contribution in [0.5, 0.6) is 11.5 Å². The van der Waals surface area contributed by atoms with E-state index in [1.807, 2.05) is 12.1 Å². The third kappa shape index (κ3) is 3.48. The van der Waals surface area contributed by atoms with Crippen molar-refractivity contribution in [1.82, 2.24) is 9.55 Å². The molecule has 3 N–H and O–H groups in total. The number of aromatic nitrogens is 2. The molecule has 8 nitrogen and oxygen atoms in total. The smallest absolute Gasteiger partial charge is 0.351 e. The fourth-order valence-electron chi connectivity index (χ4n) is 2.45. The van der Waals surface area contributed by atoms with E-state index in [2.05, 4.69) is 10.3 Å². The molecule has 0 saturated heterocycles. The molecule has 1 aromatic carbocycles. The molecule has 0 spiro atoms. The summed E-state index contributed by atoms with van der Waals surface area (Å²) in [6.45, 7) is -0.139. The minimum atomic E-state index is -1.49. The summed E-state index contributed by atoms with van der Waals surface area (Å²) in [7, 11) is 0. The van der Waals surface area contributed by atoms with E-state index in [4.69, 9.17) is 9.47 Å². The number of aliphatic hydroxyl groups excluding tert-OH is 2. The van der Waals surface area contributed by atoms with Crippen LogP contribution in [0.25, 0.3) is 0 Å². The van der Waals surface area contributed by atoms with E-state index in [0.29, 0.717) is 17.2 Å². The van der Waals surface area contributed by atoms with Crippen LogP contribution in [0.15, 0.2) is 35.3 Å². The van der Waals surface area contributed by atoms with Crippen LogP contribution in [0.4, 0.5) is 15.9 Å². The Labute approximate surface area is 142 Å². The SMILES string of the molecule is CC(O[C@H](CO)[C@@H](O)CF)n1cc2c(nc1=O)Nc1ccccc1O2. The largest absolute Gasteiger partial charge is 0.450 e. The Morgan fingerprint density at radius 2 is 2.16 bits per heavy atom. The normalized spacial score (nSPS) is 16.0. The highest BCUT2D eigenvalue weighted by atomic mass is 19.1. The van der Waals surface area contributed by atoms with Crippen molar-refractivity contribution in [3.8, 4) is 11.5 Å². The van der Waals surface area contributed by atoms with Crippen molar-refractivity contribution in [2.24, 2.45) is 0 Å². The molecule has 3 atom stereocenters. The number of ether oxygens (including phenoxy) is 2. The summed E-state index contributed by atoms with van der Waals surface area (Å²) >= 11 is 0. The van der Waals surface area contributed by atoms with Crippen LogP contribution in [0.3, 0.4) is 0 Å². The van der Waals surface area contributed by atoms with E-state index in [1.54, 1.807) is 12.1 Å². The molecule has 0 aliphatic carbocycles. The number of hydrogen-bond donors (Lipinski definition) is 3. The van der Waals surface area contributed by atoms with Gasteiger partial charge in [-0.25, -0.2) is 9.18 Å². The number of nitrogens with zero attached hydrogens (tertiary/aromatic N) is 2. The maximum Gasteiger partial charge on any atom is 0.351 e. The molecule has 2 aromatic rings. The van der Waals surface area contributed by atoms with Gasteiger partial charge in [-0.3, -0.25) is 4.57 Å². The number of aliphatic hydroxyl groups is 2. The van der Waals surface area contributed by atoms with Gasteiger partial charge in [0, 0.05) is 0 Å². The predicted molar refractivity (Wildman–Crippen MR) is 86.9 cm³/mol. The van der Waals surface area contributed by atoms with E-state index in [0.717, 1.165) is 4.57 Å². The molecule has 0 radical (unpaired) electrons. The minimum Gasteiger partial charge on any atom is -0.450 e. The van der Waals surface area contributed by atoms with Crippen LogP contribution in [0.1, 0.15) is 13.2 Å². The van der Waals surface area contributed by atoms with Crippen molar-refractivity contribution in [3.63, 3.8) is 0 Å². The topological polar surface area (TPSA) is 106 Å². The summed E-state index contributed by atoms with van der Waals surface area (Å²) in [6.07, 6.45) is -2.14. The Morgan fingerprint density at radius 3 is 2.88 bits per heavy atom. The first-order chi connectivity index (χ1) is 12.0. The number of hydrogen-bond acceptors (Lipinski definition) is 7. The van der Waals surface area contributed by atoms with Gasteiger partial charge < -0.3 is 25.0 Å². The average molecular weight is 351 g/mol. The van der Waals surface area contributed by atoms with Gasteiger partial charge in [-0.1, -0.05) is 12.1 Å². The maximum atomic E-state index is 12.6. The van der Waals surface area contributed by atoms with Crippen LogP contribution in [-0.4, -0.2) is 45.3 Å². The third-order valence-electron chi connectivity index (χ3n) is 3.81. The number of benzene rings is 1. The zero-order chi connectivity index (χ0) is 18.0. The Hall–Kier alpha value is -2.49. The lowest BCUT2D eigenvalue weighted by Crippen LogP contribution is -2.38. The van der Waals surface area contributed by atoms with Crippen LogP contribution in [-0.2, 0) is 4.74 Å². The Morgan fingerprint density at radius 1 is 1.40 bits per heavy atom. The first-order valence-corrected chi connectivity index (χ1v) is 7.71. The number of fused-ring (bicyclic) bond motifs is 2. The highest BCUT2D eigenvalue weighted by Gasteiger charge is 2.25. The third-order valence-corrected chi connectivity index (χ3v) is 3.81. The van der Waals surface area contributed by atoms with E-state index < -0.39 is 37.4 Å². The molecule has 134 valence electrons. The van der Waals surface area contributed by atoms with E-state index in [1.165, 1.54) is 13.1 Å². The number of rotatable bonds is 6. The second kappa shape index (κ2) is 7.18. The fourth-order valence-corrected chi connectivity index (χ4v) is 2.45. The molecule has 1 aliphatic rings. The molecular formula is C16H18FN3O5. The number of anilines is 2. The molecular weight excluding hydrogens is 333 g/mol. The summed E-state index contributed by atoms with van der Waals surface area (Å²) < 4.78 is 24.8. The second-order valence-electron chi connectivity index (χ2n) is 5.54. The molecule has 25 heavy (non-hydrogen) atoms. The lowest BCUT2D eigenvalue weighted by molar-refractivity contribution is -0.121. The molecule has 0 bridgehead atoms. The molecule has 1 aromatic heterocycles. The average Bonchev–Trinajstić information content (AvgIpc) is 2.63. The van der Waals surface area contributed by atoms with Gasteiger partial charge in [0.1, 0.15) is 25.1 Å².